The first-order chi connectivity index (χ1) is 13.3. The summed E-state index contributed by atoms with van der Waals surface area (Å²) in [6.45, 7) is 2.71. The number of ether oxygens (including phenoxy) is 2. The lowest BCUT2D eigenvalue weighted by atomic mass is 9.83. The number of nitrogens with one attached hydrogen (secondary N) is 1. The number of carbonyl (C=O) groups excluding carboxylic acids is 1. The molecule has 0 saturated heterocycles. The minimum atomic E-state index is -1.50. The molecule has 2 heterocycles. The molecule has 0 aliphatic rings. The molecule has 0 unspecified atom stereocenters. The largest absolute Gasteiger partial charge is 0.481 e. The molecule has 0 radical (unpaired) electrons. The van der Waals surface area contributed by atoms with Crippen LogP contribution in [-0.2, 0) is 10.2 Å². The lowest BCUT2D eigenvalue weighted by Crippen LogP contribution is -2.39. The van der Waals surface area contributed by atoms with Gasteiger partial charge in [0.05, 0.1) is 17.9 Å². The van der Waals surface area contributed by atoms with Crippen LogP contribution in [0.4, 0.5) is 8.78 Å². The summed E-state index contributed by atoms with van der Waals surface area (Å²) in [4.78, 5) is 20.0. The molecule has 0 aliphatic heterocycles. The van der Waals surface area contributed by atoms with E-state index >= 15 is 0 Å². The van der Waals surface area contributed by atoms with Crippen LogP contribution in [-0.4, -0.2) is 28.2 Å². The predicted octanol–water partition coefficient (Wildman–Crippen LogP) is 3.49. The number of hydroxylamine groups is 1. The molecule has 2 aromatic heterocycles. The van der Waals surface area contributed by atoms with E-state index in [4.69, 9.17) is 14.7 Å². The van der Waals surface area contributed by atoms with Gasteiger partial charge in [-0.3, -0.25) is 10.0 Å². The van der Waals surface area contributed by atoms with E-state index in [2.05, 4.69) is 9.97 Å². The van der Waals surface area contributed by atoms with E-state index in [1.165, 1.54) is 38.7 Å². The molecule has 0 spiro atoms. The maximum atomic E-state index is 14.6. The highest BCUT2D eigenvalue weighted by Gasteiger charge is 2.33. The third kappa shape index (κ3) is 3.44. The van der Waals surface area contributed by atoms with Gasteiger partial charge in [-0.15, -0.1) is 0 Å². The maximum Gasteiger partial charge on any atom is 0.253 e. The number of benzene rings is 1. The van der Waals surface area contributed by atoms with Crippen LogP contribution < -0.4 is 15.0 Å². The minimum absolute atomic E-state index is 0.221. The van der Waals surface area contributed by atoms with Gasteiger partial charge in [0.1, 0.15) is 11.6 Å². The molecule has 9 heteroatoms. The number of halogens is 2. The summed E-state index contributed by atoms with van der Waals surface area (Å²) in [5, 5.41) is 9.30. The predicted molar refractivity (Wildman–Crippen MR) is 95.5 cm³/mol. The third-order valence-electron chi connectivity index (χ3n) is 4.33. The van der Waals surface area contributed by atoms with E-state index in [1.807, 2.05) is 0 Å². The van der Waals surface area contributed by atoms with Gasteiger partial charge in [-0.25, -0.2) is 19.2 Å². The normalized spacial score (nSPS) is 11.4. The molecular formula is C19H17F2N3O4. The van der Waals surface area contributed by atoms with Crippen LogP contribution in [0.5, 0.6) is 17.4 Å². The summed E-state index contributed by atoms with van der Waals surface area (Å²) in [7, 11) is 1.47. The van der Waals surface area contributed by atoms with Crippen molar-refractivity contribution in [3.8, 4) is 17.4 Å². The molecule has 146 valence electrons. The Morgan fingerprint density at radius 1 is 1.14 bits per heavy atom. The molecule has 0 saturated carbocycles. The van der Waals surface area contributed by atoms with Gasteiger partial charge in [0.15, 0.2) is 17.2 Å². The second-order valence-corrected chi connectivity index (χ2v) is 6.46. The van der Waals surface area contributed by atoms with Crippen LogP contribution >= 0.6 is 0 Å². The van der Waals surface area contributed by atoms with Crippen molar-refractivity contribution in [3.63, 3.8) is 0 Å². The number of amides is 1. The lowest BCUT2D eigenvalue weighted by molar-refractivity contribution is -0.134. The first-order valence-electron chi connectivity index (χ1n) is 8.19. The summed E-state index contributed by atoms with van der Waals surface area (Å²) >= 11 is 0. The second-order valence-electron chi connectivity index (χ2n) is 6.46. The Morgan fingerprint density at radius 3 is 2.57 bits per heavy atom. The smallest absolute Gasteiger partial charge is 0.253 e. The van der Waals surface area contributed by atoms with Crippen molar-refractivity contribution in [2.75, 3.05) is 7.11 Å². The van der Waals surface area contributed by atoms with Crippen LogP contribution in [0.25, 0.3) is 11.0 Å². The van der Waals surface area contributed by atoms with Crippen molar-refractivity contribution < 1.29 is 28.3 Å². The number of fused-ring (bicyclic) bond motifs is 1. The summed E-state index contributed by atoms with van der Waals surface area (Å²) in [5.74, 6) is -2.41. The number of hydrogen-bond donors (Lipinski definition) is 2. The highest BCUT2D eigenvalue weighted by atomic mass is 19.1. The van der Waals surface area contributed by atoms with Crippen molar-refractivity contribution in [1.29, 1.82) is 0 Å². The van der Waals surface area contributed by atoms with E-state index in [-0.39, 0.29) is 17.1 Å². The summed E-state index contributed by atoms with van der Waals surface area (Å²) in [5.41, 5.74) is 0.0409. The Balaban J connectivity index is 2.01. The lowest BCUT2D eigenvalue weighted by Gasteiger charge is -2.23. The van der Waals surface area contributed by atoms with Crippen molar-refractivity contribution in [2.24, 2.45) is 0 Å². The third-order valence-corrected chi connectivity index (χ3v) is 4.33. The van der Waals surface area contributed by atoms with Crippen LogP contribution in [0.2, 0.25) is 0 Å². The summed E-state index contributed by atoms with van der Waals surface area (Å²) in [6, 6.07) is 6.43. The van der Waals surface area contributed by atoms with Crippen LogP contribution in [0.15, 0.2) is 36.5 Å². The van der Waals surface area contributed by atoms with Crippen LogP contribution in [0.1, 0.15) is 19.4 Å². The number of nitrogens with zero attached hydrogens (tertiary/aromatic N) is 2. The second kappa shape index (κ2) is 7.35. The molecular weight excluding hydrogens is 372 g/mol. The number of pyridine rings is 2. The summed E-state index contributed by atoms with van der Waals surface area (Å²) < 4.78 is 39.8. The standard InChI is InChI=1S/C19H17F2N3O4/c1-19(2,18(25)24-26)11-8-13(21)15(9-12(11)20)28-14-6-7-22-17-10(14)4-5-16(23-17)27-3/h4-9,26H,1-3H3,(H,24,25). The van der Waals surface area contributed by atoms with Gasteiger partial charge in [0.25, 0.3) is 5.91 Å². The van der Waals surface area contributed by atoms with Gasteiger partial charge >= 0.3 is 0 Å². The number of rotatable bonds is 5. The molecule has 0 fully saturated rings. The zero-order chi connectivity index (χ0) is 20.5. The van der Waals surface area contributed by atoms with E-state index in [0.29, 0.717) is 16.9 Å². The van der Waals surface area contributed by atoms with E-state index in [1.54, 1.807) is 12.1 Å². The molecule has 0 atom stereocenters. The topological polar surface area (TPSA) is 93.6 Å². The fraction of sp³-hybridized carbons (Fsp3) is 0.211. The van der Waals surface area contributed by atoms with Crippen molar-refractivity contribution >= 4 is 16.9 Å². The molecule has 3 rings (SSSR count). The minimum Gasteiger partial charge on any atom is -0.481 e. The Kier molecular flexibility index (Phi) is 5.10. The van der Waals surface area contributed by atoms with Gasteiger partial charge < -0.3 is 9.47 Å². The fourth-order valence-corrected chi connectivity index (χ4v) is 2.66. The first kappa shape index (κ1) is 19.4. The zero-order valence-corrected chi connectivity index (χ0v) is 15.3. The average Bonchev–Trinajstić information content (AvgIpc) is 2.69. The van der Waals surface area contributed by atoms with Gasteiger partial charge in [0.2, 0.25) is 5.88 Å². The van der Waals surface area contributed by atoms with Gasteiger partial charge in [0, 0.05) is 23.9 Å². The van der Waals surface area contributed by atoms with E-state index in [9.17, 15) is 13.6 Å². The van der Waals surface area contributed by atoms with Crippen LogP contribution in [0, 0.1) is 11.6 Å². The first-order valence-corrected chi connectivity index (χ1v) is 8.19. The molecule has 3 aromatic rings. The molecule has 1 amide bonds. The van der Waals surface area contributed by atoms with Gasteiger partial charge in [-0.05, 0) is 32.0 Å². The monoisotopic (exact) mass is 389 g/mol. The van der Waals surface area contributed by atoms with Crippen molar-refractivity contribution in [1.82, 2.24) is 15.4 Å². The van der Waals surface area contributed by atoms with Crippen molar-refractivity contribution in [3.05, 3.63) is 53.7 Å². The molecule has 0 bridgehead atoms. The van der Waals surface area contributed by atoms with E-state index < -0.39 is 23.0 Å². The molecule has 7 nitrogen and oxygen atoms in total. The molecule has 2 N–H and O–H groups in total. The molecule has 1 aromatic carbocycles. The number of aromatic nitrogens is 2. The Labute approximate surface area is 158 Å². The highest BCUT2D eigenvalue weighted by Crippen LogP contribution is 2.35. The molecule has 28 heavy (non-hydrogen) atoms. The van der Waals surface area contributed by atoms with E-state index in [0.717, 1.165) is 12.1 Å². The Morgan fingerprint density at radius 2 is 1.89 bits per heavy atom. The zero-order valence-electron chi connectivity index (χ0n) is 15.3. The highest BCUT2D eigenvalue weighted by molar-refractivity contribution is 5.86. The van der Waals surface area contributed by atoms with Gasteiger partial charge in [-0.1, -0.05) is 0 Å². The van der Waals surface area contributed by atoms with Gasteiger partial charge in [-0.2, -0.15) is 4.98 Å². The summed E-state index contributed by atoms with van der Waals surface area (Å²) in [6.07, 6.45) is 1.42. The number of methoxy groups -OCH3 is 1. The molecule has 0 aliphatic carbocycles. The SMILES string of the molecule is COc1ccc2c(Oc3cc(F)c(C(C)(C)C(=O)NO)cc3F)ccnc2n1. The fourth-order valence-electron chi connectivity index (χ4n) is 2.66. The Hall–Kier alpha value is -3.33. The van der Waals surface area contributed by atoms with Crippen LogP contribution in [0.3, 0.4) is 0 Å². The van der Waals surface area contributed by atoms with Crippen molar-refractivity contribution in [2.45, 2.75) is 19.3 Å². The quantitative estimate of drug-likeness (QED) is 0.513. The average molecular weight is 389 g/mol. The Bertz CT molecular complexity index is 1060. The number of hydrogen-bond acceptors (Lipinski definition) is 6. The number of carbonyl (C=O) groups is 1. The maximum absolute atomic E-state index is 14.6.